The molecule has 20 heteroatoms. The van der Waals surface area contributed by atoms with E-state index in [0.29, 0.717) is 0 Å². The van der Waals surface area contributed by atoms with Gasteiger partial charge in [0.25, 0.3) is 23.6 Å². The minimum absolute atomic E-state index is 0.0174. The van der Waals surface area contributed by atoms with Crippen LogP contribution < -0.4 is 21.3 Å². The molecule has 0 bridgehead atoms. The highest BCUT2D eigenvalue weighted by Gasteiger charge is 2.47. The number of fused-ring (bicyclic) bond motifs is 2. The van der Waals surface area contributed by atoms with Crippen LogP contribution in [-0.2, 0) is 41.9 Å². The summed E-state index contributed by atoms with van der Waals surface area (Å²) in [5.41, 5.74) is -0.232. The number of ether oxygens (including phenoxy) is 1. The van der Waals surface area contributed by atoms with E-state index in [1.165, 1.54) is 42.6 Å². The number of aromatic nitrogens is 3. The highest BCUT2D eigenvalue weighted by molar-refractivity contribution is 6.27. The number of anilines is 2. The minimum Gasteiger partial charge on any atom is -0.443 e. The van der Waals surface area contributed by atoms with Gasteiger partial charge in [0.15, 0.2) is 0 Å². The normalized spacial score (nSPS) is 19.7. The molecule has 0 radical (unpaired) electrons. The van der Waals surface area contributed by atoms with Crippen molar-refractivity contribution in [2.45, 2.75) is 50.9 Å². The van der Waals surface area contributed by atoms with Crippen molar-refractivity contribution in [2.24, 2.45) is 0 Å². The number of benzene rings is 2. The van der Waals surface area contributed by atoms with Gasteiger partial charge in [-0.05, 0) is 37.1 Å². The number of nitrogens with zero attached hydrogens (tertiary/aromatic N) is 5. The molecule has 20 nitrogen and oxygen atoms in total. The van der Waals surface area contributed by atoms with Gasteiger partial charge in [0, 0.05) is 12.8 Å². The lowest BCUT2D eigenvalue weighted by molar-refractivity contribution is -0.137. The third kappa shape index (κ3) is 5.90. The molecule has 1 aromatic heterocycles. The van der Waals surface area contributed by atoms with E-state index >= 15 is 0 Å². The number of amides is 10. The van der Waals surface area contributed by atoms with Crippen LogP contribution in [0.4, 0.5) is 16.2 Å². The number of piperidine rings is 2. The molecule has 5 heterocycles. The zero-order valence-electron chi connectivity index (χ0n) is 26.7. The van der Waals surface area contributed by atoms with Crippen molar-refractivity contribution in [3.63, 3.8) is 0 Å². The Balaban J connectivity index is 0.952. The molecule has 4 N–H and O–H groups in total. The molecule has 2 atom stereocenters. The Kier molecular flexibility index (Phi) is 8.32. The summed E-state index contributed by atoms with van der Waals surface area (Å²) in [5.74, 6) is -6.34. The van der Waals surface area contributed by atoms with Crippen LogP contribution in [0.2, 0.25) is 0 Å². The highest BCUT2D eigenvalue weighted by atomic mass is 16.5. The van der Waals surface area contributed by atoms with Crippen LogP contribution >= 0.6 is 0 Å². The second kappa shape index (κ2) is 13.0. The van der Waals surface area contributed by atoms with Crippen LogP contribution in [0.25, 0.3) is 0 Å². The van der Waals surface area contributed by atoms with Gasteiger partial charge in [-0.15, -0.1) is 5.10 Å². The summed E-state index contributed by atoms with van der Waals surface area (Å²) in [6.07, 6.45) is 0.114. The second-order valence-corrected chi connectivity index (χ2v) is 12.0. The van der Waals surface area contributed by atoms with Crippen LogP contribution in [0, 0.1) is 0 Å². The minimum atomic E-state index is -1.19. The van der Waals surface area contributed by atoms with E-state index in [-0.39, 0.29) is 65.0 Å². The molecule has 2 aromatic carbocycles. The fourth-order valence-corrected chi connectivity index (χ4v) is 6.34. The average molecular weight is 712 g/mol. The predicted octanol–water partition coefficient (Wildman–Crippen LogP) is -0.532. The Morgan fingerprint density at radius 2 is 1.25 bits per heavy atom. The molecule has 0 spiro atoms. The Bertz CT molecular complexity index is 2180. The first-order valence-electron chi connectivity index (χ1n) is 15.7. The highest BCUT2D eigenvalue weighted by Crippen LogP contribution is 2.34. The third-order valence-corrected chi connectivity index (χ3v) is 8.69. The van der Waals surface area contributed by atoms with Crippen LogP contribution in [0.5, 0.6) is 0 Å². The summed E-state index contributed by atoms with van der Waals surface area (Å²) in [4.78, 5) is 128. The van der Waals surface area contributed by atoms with Gasteiger partial charge in [-0.25, -0.2) is 9.48 Å². The lowest BCUT2D eigenvalue weighted by atomic mass is 10.0. The Morgan fingerprint density at radius 3 is 1.77 bits per heavy atom. The van der Waals surface area contributed by atoms with Crippen molar-refractivity contribution < 1.29 is 52.7 Å². The summed E-state index contributed by atoms with van der Waals surface area (Å²) in [6, 6.07) is 6.04. The smallest absolute Gasteiger partial charge is 0.412 e. The Morgan fingerprint density at radius 1 is 0.731 bits per heavy atom. The van der Waals surface area contributed by atoms with Gasteiger partial charge in [-0.2, -0.15) is 0 Å². The van der Waals surface area contributed by atoms with Crippen molar-refractivity contribution in [3.05, 3.63) is 70.5 Å². The fraction of sp³-hybridized carbons (Fsp3) is 0.250. The van der Waals surface area contributed by atoms with Crippen molar-refractivity contribution >= 4 is 70.6 Å². The molecule has 10 amide bonds. The van der Waals surface area contributed by atoms with Crippen LogP contribution in [0.1, 0.15) is 72.8 Å². The molecular weight excluding hydrogens is 686 g/mol. The zero-order chi connectivity index (χ0) is 36.8. The standard InChI is InChI=1S/C32H25N9O11/c42-21-9-7-19(26(45)35-21)40-28(47)15-3-1-5-17(24(15)30(40)49)33-23(44)12-39-11-14(37-38-39)13-52-32(51)34-18-6-2-4-16-25(18)31(50)41(29(16)48)20-8-10-22(43)36-27(20)46/h1-6,11,19-20H,7-10,12-13H2,(H,33,44)(H,34,51)(H,35,42,45)(H,36,43,46). The summed E-state index contributed by atoms with van der Waals surface area (Å²) < 4.78 is 6.31. The van der Waals surface area contributed by atoms with Gasteiger partial charge in [0.1, 0.15) is 30.9 Å². The number of carbonyl (C=O) groups is 10. The SMILES string of the molecule is O=C1CCC(N2C(=O)c3cccc(NC(=O)Cn4cc(COC(=O)Nc5cccc6c5C(=O)N(C5CCC(=O)NC5=O)C6=O)nn4)c3C2=O)C(=O)N1. The maximum Gasteiger partial charge on any atom is 0.412 e. The second-order valence-electron chi connectivity index (χ2n) is 12.0. The van der Waals surface area contributed by atoms with E-state index in [0.717, 1.165) is 14.5 Å². The number of hydrogen-bond donors (Lipinski definition) is 4. The van der Waals surface area contributed by atoms with Gasteiger partial charge in [-0.1, -0.05) is 17.3 Å². The zero-order valence-corrected chi connectivity index (χ0v) is 26.7. The van der Waals surface area contributed by atoms with E-state index in [4.69, 9.17) is 4.74 Å². The molecule has 7 rings (SSSR count). The molecule has 4 aliphatic heterocycles. The van der Waals surface area contributed by atoms with Crippen molar-refractivity contribution in [1.82, 2.24) is 35.4 Å². The lowest BCUT2D eigenvalue weighted by Crippen LogP contribution is -2.54. The first kappa shape index (κ1) is 33.4. The third-order valence-electron chi connectivity index (χ3n) is 8.69. The number of carbonyl (C=O) groups excluding carboxylic acids is 10. The molecule has 0 saturated carbocycles. The van der Waals surface area contributed by atoms with Crippen LogP contribution in [0.15, 0.2) is 42.6 Å². The Labute approximate surface area is 290 Å². The van der Waals surface area contributed by atoms with E-state index in [1.54, 1.807) is 0 Å². The summed E-state index contributed by atoms with van der Waals surface area (Å²) in [5, 5.41) is 16.9. The van der Waals surface area contributed by atoms with Gasteiger partial charge >= 0.3 is 6.09 Å². The molecule has 52 heavy (non-hydrogen) atoms. The predicted molar refractivity (Wildman–Crippen MR) is 169 cm³/mol. The summed E-state index contributed by atoms with van der Waals surface area (Å²) >= 11 is 0. The van der Waals surface area contributed by atoms with Crippen molar-refractivity contribution in [1.29, 1.82) is 0 Å². The molecule has 264 valence electrons. The molecule has 2 unspecified atom stereocenters. The molecule has 2 saturated heterocycles. The topological polar surface area (TPSA) is 265 Å². The average Bonchev–Trinajstić information content (AvgIpc) is 3.73. The van der Waals surface area contributed by atoms with Crippen molar-refractivity contribution in [3.8, 4) is 0 Å². The molecule has 4 aliphatic rings. The molecular formula is C32H25N9O11. The lowest BCUT2D eigenvalue weighted by Gasteiger charge is -2.27. The number of nitrogens with one attached hydrogen (secondary N) is 4. The van der Waals surface area contributed by atoms with Crippen LogP contribution in [-0.4, -0.2) is 96.1 Å². The monoisotopic (exact) mass is 711 g/mol. The number of rotatable bonds is 8. The molecule has 3 aromatic rings. The van der Waals surface area contributed by atoms with E-state index in [1.807, 2.05) is 0 Å². The van der Waals surface area contributed by atoms with E-state index in [9.17, 15) is 47.9 Å². The van der Waals surface area contributed by atoms with Crippen molar-refractivity contribution in [2.75, 3.05) is 10.6 Å². The van der Waals surface area contributed by atoms with Crippen LogP contribution in [0.3, 0.4) is 0 Å². The fourth-order valence-electron chi connectivity index (χ4n) is 6.34. The first-order valence-corrected chi connectivity index (χ1v) is 15.7. The van der Waals surface area contributed by atoms with E-state index in [2.05, 4.69) is 31.6 Å². The quantitative estimate of drug-likeness (QED) is 0.214. The van der Waals surface area contributed by atoms with E-state index < -0.39 is 84.5 Å². The summed E-state index contributed by atoms with van der Waals surface area (Å²) in [6.45, 7) is -0.825. The maximum atomic E-state index is 13.3. The summed E-state index contributed by atoms with van der Waals surface area (Å²) in [7, 11) is 0. The maximum absolute atomic E-state index is 13.3. The molecule has 2 fully saturated rings. The Hall–Kier alpha value is -7.12. The first-order chi connectivity index (χ1) is 24.9. The van der Waals surface area contributed by atoms with Gasteiger partial charge in [0.2, 0.25) is 29.5 Å². The van der Waals surface area contributed by atoms with Gasteiger partial charge in [-0.3, -0.25) is 68.9 Å². The van der Waals surface area contributed by atoms with Gasteiger partial charge in [0.05, 0.1) is 39.8 Å². The number of hydrogen-bond acceptors (Lipinski definition) is 13. The molecule has 0 aliphatic carbocycles. The largest absolute Gasteiger partial charge is 0.443 e. The van der Waals surface area contributed by atoms with Gasteiger partial charge < -0.3 is 10.1 Å². The number of imide groups is 4.